The molecule has 0 amide bonds. The minimum absolute atomic E-state index is 0.108. The van der Waals surface area contributed by atoms with Gasteiger partial charge in [-0.05, 0) is 30.1 Å². The Kier molecular flexibility index (Phi) is 7.68. The molecule has 23 heavy (non-hydrogen) atoms. The molecule has 4 heteroatoms. The summed E-state index contributed by atoms with van der Waals surface area (Å²) in [5.74, 6) is 0. The molecule has 1 aromatic carbocycles. The van der Waals surface area contributed by atoms with Crippen LogP contribution in [0.25, 0.3) is 0 Å². The van der Waals surface area contributed by atoms with Crippen LogP contribution < -0.4 is 0 Å². The Labute approximate surface area is 142 Å². The number of hydrogen-bond acceptors (Lipinski definition) is 3. The van der Waals surface area contributed by atoms with Crippen molar-refractivity contribution < 1.29 is 14.3 Å². The van der Waals surface area contributed by atoms with E-state index in [4.69, 9.17) is 9.16 Å². The molecule has 1 N–H and O–H groups in total. The van der Waals surface area contributed by atoms with E-state index >= 15 is 0 Å². The largest absolute Gasteiger partial charge is 0.411 e. The number of aliphatic hydroxyl groups is 1. The monoisotopic (exact) mass is 336 g/mol. The van der Waals surface area contributed by atoms with Crippen LogP contribution in [0.3, 0.4) is 0 Å². The van der Waals surface area contributed by atoms with Gasteiger partial charge in [-0.1, -0.05) is 57.2 Å². The smallest absolute Gasteiger partial charge is 0.192 e. The van der Waals surface area contributed by atoms with Gasteiger partial charge in [0.15, 0.2) is 8.32 Å². The highest BCUT2D eigenvalue weighted by molar-refractivity contribution is 6.74. The average molecular weight is 337 g/mol. The van der Waals surface area contributed by atoms with Crippen LogP contribution in [0.2, 0.25) is 18.1 Å². The van der Waals surface area contributed by atoms with Crippen molar-refractivity contribution in [1.29, 1.82) is 0 Å². The summed E-state index contributed by atoms with van der Waals surface area (Å²) >= 11 is 0. The van der Waals surface area contributed by atoms with Crippen molar-refractivity contribution in [1.82, 2.24) is 0 Å². The van der Waals surface area contributed by atoms with Gasteiger partial charge in [0.05, 0.1) is 19.3 Å². The van der Waals surface area contributed by atoms with Crippen molar-refractivity contribution in [2.75, 3.05) is 6.61 Å². The lowest BCUT2D eigenvalue weighted by atomic mass is 10.1. The fourth-order valence-corrected chi connectivity index (χ4v) is 3.35. The van der Waals surface area contributed by atoms with Crippen molar-refractivity contribution in [3.8, 4) is 0 Å². The van der Waals surface area contributed by atoms with Crippen LogP contribution in [0.5, 0.6) is 0 Å². The third kappa shape index (κ3) is 6.59. The van der Waals surface area contributed by atoms with Crippen molar-refractivity contribution in [2.45, 2.75) is 64.1 Å². The molecule has 1 rings (SSSR count). The van der Waals surface area contributed by atoms with Crippen LogP contribution in [0.1, 0.15) is 32.8 Å². The van der Waals surface area contributed by atoms with E-state index in [2.05, 4.69) is 40.4 Å². The highest BCUT2D eigenvalue weighted by atomic mass is 28.4. The maximum Gasteiger partial charge on any atom is 0.192 e. The van der Waals surface area contributed by atoms with Crippen molar-refractivity contribution in [3.05, 3.63) is 48.6 Å². The standard InChI is InChI=1S/C19H32O3Si/c1-7-11-18(22-23(5,6)19(2,3)4)17(20)15-21-14-16-12-9-8-10-13-16/h7-10,12-13,17-18,20H,1,11,14-15H2,2-6H3/t17-,18+/m1/s1. The highest BCUT2D eigenvalue weighted by Gasteiger charge is 2.40. The van der Waals surface area contributed by atoms with Gasteiger partial charge in [0.2, 0.25) is 0 Å². The topological polar surface area (TPSA) is 38.7 Å². The lowest BCUT2D eigenvalue weighted by Crippen LogP contribution is -2.47. The summed E-state index contributed by atoms with van der Waals surface area (Å²) in [7, 11) is -1.93. The first-order valence-electron chi connectivity index (χ1n) is 8.26. The molecule has 0 fully saturated rings. The van der Waals surface area contributed by atoms with Gasteiger partial charge < -0.3 is 14.3 Å². The van der Waals surface area contributed by atoms with E-state index in [1.807, 2.05) is 30.3 Å². The summed E-state index contributed by atoms with van der Waals surface area (Å²) in [6.07, 6.45) is 1.52. The minimum atomic E-state index is -1.93. The molecule has 0 aromatic heterocycles. The number of benzene rings is 1. The molecule has 1 aromatic rings. The van der Waals surface area contributed by atoms with Crippen molar-refractivity contribution >= 4 is 8.32 Å². The number of ether oxygens (including phenoxy) is 1. The normalized spacial score (nSPS) is 15.2. The summed E-state index contributed by atoms with van der Waals surface area (Å²) in [4.78, 5) is 0. The molecule has 3 nitrogen and oxygen atoms in total. The van der Waals surface area contributed by atoms with Gasteiger partial charge in [-0.3, -0.25) is 0 Å². The summed E-state index contributed by atoms with van der Waals surface area (Å²) in [5.41, 5.74) is 1.10. The molecule has 0 heterocycles. The zero-order valence-corrected chi connectivity index (χ0v) is 16.2. The molecule has 2 atom stereocenters. The SMILES string of the molecule is C=CC[C@H](O[Si](C)(C)C(C)(C)C)[C@H](O)COCc1ccccc1. The zero-order chi connectivity index (χ0) is 17.5. The van der Waals surface area contributed by atoms with E-state index in [1.54, 1.807) is 6.08 Å². The quantitative estimate of drug-likeness (QED) is 0.532. The fraction of sp³-hybridized carbons (Fsp3) is 0.579. The second-order valence-electron chi connectivity index (χ2n) is 7.51. The van der Waals surface area contributed by atoms with Crippen LogP contribution in [0.4, 0.5) is 0 Å². The zero-order valence-electron chi connectivity index (χ0n) is 15.2. The Balaban J connectivity index is 2.57. The third-order valence-electron chi connectivity index (χ3n) is 4.48. The number of aliphatic hydroxyl groups excluding tert-OH is 1. The molecule has 0 bridgehead atoms. The van der Waals surface area contributed by atoms with Crippen LogP contribution in [0.15, 0.2) is 43.0 Å². The maximum atomic E-state index is 10.5. The first kappa shape index (κ1) is 20.1. The van der Waals surface area contributed by atoms with E-state index in [9.17, 15) is 5.11 Å². The second-order valence-corrected chi connectivity index (χ2v) is 12.3. The summed E-state index contributed by atoms with van der Waals surface area (Å²) in [6, 6.07) is 9.97. The predicted octanol–water partition coefficient (Wildman–Crippen LogP) is 4.53. The molecule has 0 unspecified atom stereocenters. The van der Waals surface area contributed by atoms with E-state index in [0.29, 0.717) is 13.0 Å². The summed E-state index contributed by atoms with van der Waals surface area (Å²) in [5, 5.41) is 10.6. The van der Waals surface area contributed by atoms with Gasteiger partial charge in [-0.15, -0.1) is 6.58 Å². The van der Waals surface area contributed by atoms with Gasteiger partial charge in [0.25, 0.3) is 0 Å². The van der Waals surface area contributed by atoms with Crippen LogP contribution in [-0.2, 0) is 15.8 Å². The van der Waals surface area contributed by atoms with Gasteiger partial charge in [-0.25, -0.2) is 0 Å². The van der Waals surface area contributed by atoms with E-state index < -0.39 is 14.4 Å². The summed E-state index contributed by atoms with van der Waals surface area (Å²) in [6.45, 7) is 15.5. The number of hydrogen-bond donors (Lipinski definition) is 1. The van der Waals surface area contributed by atoms with E-state index in [0.717, 1.165) is 5.56 Å². The first-order valence-corrected chi connectivity index (χ1v) is 11.2. The lowest BCUT2D eigenvalue weighted by Gasteiger charge is -2.40. The van der Waals surface area contributed by atoms with Crippen LogP contribution in [-0.4, -0.2) is 32.2 Å². The molecule has 0 saturated carbocycles. The predicted molar refractivity (Wildman–Crippen MR) is 99.0 cm³/mol. The molecule has 0 spiro atoms. The molecular weight excluding hydrogens is 304 g/mol. The molecule has 0 aliphatic carbocycles. The maximum absolute atomic E-state index is 10.5. The molecular formula is C19H32O3Si. The van der Waals surface area contributed by atoms with E-state index in [1.165, 1.54) is 0 Å². The van der Waals surface area contributed by atoms with Crippen molar-refractivity contribution in [2.24, 2.45) is 0 Å². The second kappa shape index (κ2) is 8.78. The molecule has 0 saturated heterocycles. The average Bonchev–Trinajstić information content (AvgIpc) is 2.46. The Bertz CT molecular complexity index is 465. The van der Waals surface area contributed by atoms with Gasteiger partial charge in [0, 0.05) is 0 Å². The lowest BCUT2D eigenvalue weighted by molar-refractivity contribution is -0.0355. The van der Waals surface area contributed by atoms with Crippen LogP contribution in [0, 0.1) is 0 Å². The van der Waals surface area contributed by atoms with Crippen LogP contribution >= 0.6 is 0 Å². The first-order chi connectivity index (χ1) is 10.7. The van der Waals surface area contributed by atoms with Gasteiger partial charge in [-0.2, -0.15) is 0 Å². The molecule has 0 aliphatic heterocycles. The third-order valence-corrected chi connectivity index (χ3v) is 8.98. The molecule has 130 valence electrons. The molecule has 0 aliphatic rings. The highest BCUT2D eigenvalue weighted by Crippen LogP contribution is 2.38. The Morgan fingerprint density at radius 3 is 2.35 bits per heavy atom. The number of rotatable bonds is 9. The Morgan fingerprint density at radius 1 is 1.22 bits per heavy atom. The Hall–Kier alpha value is -0.943. The minimum Gasteiger partial charge on any atom is -0.411 e. The summed E-state index contributed by atoms with van der Waals surface area (Å²) < 4.78 is 12.0. The van der Waals surface area contributed by atoms with Gasteiger partial charge in [0.1, 0.15) is 6.10 Å². The van der Waals surface area contributed by atoms with Gasteiger partial charge >= 0.3 is 0 Å². The molecule has 0 radical (unpaired) electrons. The fourth-order valence-electron chi connectivity index (χ4n) is 1.98. The van der Waals surface area contributed by atoms with E-state index in [-0.39, 0.29) is 17.7 Å². The Morgan fingerprint density at radius 2 is 1.83 bits per heavy atom. The van der Waals surface area contributed by atoms with Crippen molar-refractivity contribution in [3.63, 3.8) is 0 Å².